The molecule has 0 unspecified atom stereocenters. The van der Waals surface area contributed by atoms with Crippen LogP contribution in [0.2, 0.25) is 0 Å². The van der Waals surface area contributed by atoms with Gasteiger partial charge in [-0.1, -0.05) is 0 Å². The average molecular weight is 279 g/mol. The zero-order valence-electron chi connectivity index (χ0n) is 12.6. The van der Waals surface area contributed by atoms with E-state index in [1.807, 2.05) is 12.1 Å². The Morgan fingerprint density at radius 3 is 2.55 bits per heavy atom. The lowest BCUT2D eigenvalue weighted by Gasteiger charge is -2.22. The summed E-state index contributed by atoms with van der Waals surface area (Å²) in [5.41, 5.74) is 7.64. The molecule has 112 valence electrons. The number of anilines is 2. The van der Waals surface area contributed by atoms with E-state index in [0.29, 0.717) is 24.9 Å². The lowest BCUT2D eigenvalue weighted by Crippen LogP contribution is -2.28. The summed E-state index contributed by atoms with van der Waals surface area (Å²) < 4.78 is 11.1. The fourth-order valence-electron chi connectivity index (χ4n) is 2.07. The Hall–Kier alpha value is -1.62. The highest BCUT2D eigenvalue weighted by atomic mass is 16.6. The molecule has 1 aliphatic rings. The Balaban J connectivity index is 1.87. The predicted octanol–water partition coefficient (Wildman–Crippen LogP) is 2.18. The van der Waals surface area contributed by atoms with Crippen molar-refractivity contribution in [3.63, 3.8) is 0 Å². The van der Waals surface area contributed by atoms with Crippen LogP contribution in [0.1, 0.15) is 20.3 Å². The van der Waals surface area contributed by atoms with Crippen molar-refractivity contribution in [2.75, 3.05) is 44.4 Å². The molecule has 1 aromatic rings. The van der Waals surface area contributed by atoms with Crippen LogP contribution in [0.4, 0.5) is 11.4 Å². The van der Waals surface area contributed by atoms with Crippen molar-refractivity contribution in [2.24, 2.45) is 0 Å². The van der Waals surface area contributed by atoms with Crippen LogP contribution in [0.25, 0.3) is 0 Å². The fourth-order valence-corrected chi connectivity index (χ4v) is 2.07. The normalized spacial score (nSPS) is 13.8. The number of hydrogen-bond acceptors (Lipinski definition) is 5. The van der Waals surface area contributed by atoms with Crippen LogP contribution in [0.15, 0.2) is 12.1 Å². The summed E-state index contributed by atoms with van der Waals surface area (Å²) in [6, 6.07) is 4.34. The molecule has 0 bridgehead atoms. The zero-order valence-corrected chi connectivity index (χ0v) is 12.6. The van der Waals surface area contributed by atoms with Crippen molar-refractivity contribution < 1.29 is 9.47 Å². The Morgan fingerprint density at radius 1 is 1.25 bits per heavy atom. The third kappa shape index (κ3) is 3.70. The van der Waals surface area contributed by atoms with Gasteiger partial charge in [0.25, 0.3) is 0 Å². The number of rotatable bonds is 6. The summed E-state index contributed by atoms with van der Waals surface area (Å²) in [6.07, 6.45) is 1.07. The molecule has 0 saturated carbocycles. The Kier molecular flexibility index (Phi) is 4.95. The number of nitrogens with zero attached hydrogens (tertiary/aromatic N) is 1. The van der Waals surface area contributed by atoms with E-state index in [1.165, 1.54) is 0 Å². The lowest BCUT2D eigenvalue weighted by atomic mass is 10.2. The average Bonchev–Trinajstić information content (AvgIpc) is 2.43. The molecule has 0 radical (unpaired) electrons. The Morgan fingerprint density at radius 2 is 1.90 bits per heavy atom. The summed E-state index contributed by atoms with van der Waals surface area (Å²) in [6.45, 7) is 7.53. The van der Waals surface area contributed by atoms with Crippen LogP contribution in [0.3, 0.4) is 0 Å². The van der Waals surface area contributed by atoms with E-state index < -0.39 is 0 Å². The first kappa shape index (κ1) is 14.8. The molecule has 0 aromatic heterocycles. The van der Waals surface area contributed by atoms with Gasteiger partial charge in [0.05, 0.1) is 11.4 Å². The zero-order chi connectivity index (χ0) is 14.5. The maximum absolute atomic E-state index is 6.03. The van der Waals surface area contributed by atoms with E-state index in [2.05, 4.69) is 31.1 Å². The van der Waals surface area contributed by atoms with E-state index in [-0.39, 0.29) is 0 Å². The second kappa shape index (κ2) is 6.70. The maximum Gasteiger partial charge on any atom is 0.163 e. The highest BCUT2D eigenvalue weighted by Crippen LogP contribution is 2.36. The Labute approximate surface area is 121 Å². The standard InChI is InChI=1S/C15H25N3O2/c1-11(2)18(3)6-4-5-17-13-10-15-14(9-12(13)16)19-7-8-20-15/h9-11,17H,4-8,16H2,1-3H3. The largest absolute Gasteiger partial charge is 0.486 e. The third-order valence-electron chi connectivity index (χ3n) is 3.60. The minimum absolute atomic E-state index is 0.578. The SMILES string of the molecule is CC(C)N(C)CCCNc1cc2c(cc1N)OCCO2. The first-order chi connectivity index (χ1) is 9.58. The highest BCUT2D eigenvalue weighted by Gasteiger charge is 2.14. The molecule has 1 heterocycles. The molecular weight excluding hydrogens is 254 g/mol. The first-order valence-electron chi connectivity index (χ1n) is 7.21. The maximum atomic E-state index is 6.03. The molecule has 0 spiro atoms. The summed E-state index contributed by atoms with van der Waals surface area (Å²) in [4.78, 5) is 2.33. The van der Waals surface area contributed by atoms with Gasteiger partial charge in [0.15, 0.2) is 11.5 Å². The first-order valence-corrected chi connectivity index (χ1v) is 7.21. The predicted molar refractivity (Wildman–Crippen MR) is 82.7 cm³/mol. The molecule has 1 aromatic carbocycles. The van der Waals surface area contributed by atoms with Crippen molar-refractivity contribution in [2.45, 2.75) is 26.3 Å². The van der Waals surface area contributed by atoms with Gasteiger partial charge in [-0.25, -0.2) is 0 Å². The lowest BCUT2D eigenvalue weighted by molar-refractivity contribution is 0.172. The minimum Gasteiger partial charge on any atom is -0.486 e. The number of ether oxygens (including phenoxy) is 2. The van der Waals surface area contributed by atoms with Gasteiger partial charge in [0.2, 0.25) is 0 Å². The fraction of sp³-hybridized carbons (Fsp3) is 0.600. The van der Waals surface area contributed by atoms with Crippen molar-refractivity contribution in [3.05, 3.63) is 12.1 Å². The molecule has 0 fully saturated rings. The van der Waals surface area contributed by atoms with Crippen molar-refractivity contribution >= 4 is 11.4 Å². The van der Waals surface area contributed by atoms with Gasteiger partial charge in [-0.15, -0.1) is 0 Å². The van der Waals surface area contributed by atoms with Gasteiger partial charge in [0.1, 0.15) is 13.2 Å². The molecule has 5 heteroatoms. The second-order valence-electron chi connectivity index (χ2n) is 5.44. The highest BCUT2D eigenvalue weighted by molar-refractivity contribution is 5.72. The van der Waals surface area contributed by atoms with Crippen molar-refractivity contribution in [1.82, 2.24) is 4.90 Å². The molecule has 20 heavy (non-hydrogen) atoms. The van der Waals surface area contributed by atoms with E-state index >= 15 is 0 Å². The molecule has 0 amide bonds. The van der Waals surface area contributed by atoms with Gasteiger partial charge < -0.3 is 25.4 Å². The molecule has 3 N–H and O–H groups in total. The van der Waals surface area contributed by atoms with Gasteiger partial charge >= 0.3 is 0 Å². The van der Waals surface area contributed by atoms with Gasteiger partial charge in [-0.05, 0) is 33.9 Å². The third-order valence-corrected chi connectivity index (χ3v) is 3.60. The van der Waals surface area contributed by atoms with Crippen LogP contribution >= 0.6 is 0 Å². The molecule has 1 aliphatic heterocycles. The topological polar surface area (TPSA) is 59.8 Å². The Bertz CT molecular complexity index is 449. The van der Waals surface area contributed by atoms with Crippen LogP contribution in [-0.2, 0) is 0 Å². The quantitative estimate of drug-likeness (QED) is 0.617. The van der Waals surface area contributed by atoms with Crippen molar-refractivity contribution in [1.29, 1.82) is 0 Å². The number of benzene rings is 1. The van der Waals surface area contributed by atoms with Crippen LogP contribution in [0.5, 0.6) is 11.5 Å². The summed E-state index contributed by atoms with van der Waals surface area (Å²) in [5, 5.41) is 3.37. The number of fused-ring (bicyclic) bond motifs is 1. The summed E-state index contributed by atoms with van der Waals surface area (Å²) >= 11 is 0. The summed E-state index contributed by atoms with van der Waals surface area (Å²) in [5.74, 6) is 1.51. The smallest absolute Gasteiger partial charge is 0.163 e. The van der Waals surface area contributed by atoms with Gasteiger partial charge in [0, 0.05) is 24.7 Å². The number of nitrogens with two attached hydrogens (primary N) is 1. The van der Waals surface area contributed by atoms with Crippen molar-refractivity contribution in [3.8, 4) is 11.5 Å². The minimum atomic E-state index is 0.578. The molecule has 5 nitrogen and oxygen atoms in total. The molecular formula is C15H25N3O2. The van der Waals surface area contributed by atoms with Gasteiger partial charge in [-0.3, -0.25) is 0 Å². The monoisotopic (exact) mass is 279 g/mol. The summed E-state index contributed by atoms with van der Waals surface area (Å²) in [7, 11) is 2.14. The van der Waals surface area contributed by atoms with E-state index in [1.54, 1.807) is 0 Å². The van der Waals surface area contributed by atoms with E-state index in [9.17, 15) is 0 Å². The van der Waals surface area contributed by atoms with E-state index in [4.69, 9.17) is 15.2 Å². The van der Waals surface area contributed by atoms with Crippen LogP contribution in [0, 0.1) is 0 Å². The second-order valence-corrected chi connectivity index (χ2v) is 5.44. The number of nitrogen functional groups attached to an aromatic ring is 1. The molecule has 0 aliphatic carbocycles. The molecule has 0 saturated heterocycles. The van der Waals surface area contributed by atoms with Crippen LogP contribution in [-0.4, -0.2) is 44.3 Å². The van der Waals surface area contributed by atoms with E-state index in [0.717, 1.165) is 36.7 Å². The number of nitrogens with one attached hydrogen (secondary N) is 1. The number of hydrogen-bond donors (Lipinski definition) is 2. The van der Waals surface area contributed by atoms with Gasteiger partial charge in [-0.2, -0.15) is 0 Å². The molecule has 0 atom stereocenters. The molecule has 2 rings (SSSR count). The van der Waals surface area contributed by atoms with Crippen LogP contribution < -0.4 is 20.5 Å².